The van der Waals surface area contributed by atoms with Crippen LogP contribution in [0, 0.1) is 5.92 Å². The Morgan fingerprint density at radius 1 is 1.25 bits per heavy atom. The second kappa shape index (κ2) is 9.88. The molecule has 0 saturated carbocycles. The smallest absolute Gasteiger partial charge is 0.242 e. The monoisotopic (exact) mass is 409 g/mol. The predicted octanol–water partition coefficient (Wildman–Crippen LogP) is 0.860. The Morgan fingerprint density at radius 3 is 2.46 bits per heavy atom. The van der Waals surface area contributed by atoms with Gasteiger partial charge in [0, 0.05) is 54.2 Å². The Balaban J connectivity index is 2.00. The molecule has 1 heterocycles. The molecule has 0 aromatic heterocycles. The molecule has 1 saturated heterocycles. The first-order chi connectivity index (χ1) is 13.3. The lowest BCUT2D eigenvalue weighted by molar-refractivity contribution is -0.121. The average Bonchev–Trinajstić information content (AvgIpc) is 2.69. The molecule has 1 amide bonds. The van der Waals surface area contributed by atoms with Crippen molar-refractivity contribution in [1.82, 2.24) is 19.8 Å². The predicted molar refractivity (Wildman–Crippen MR) is 110 cm³/mol. The van der Waals surface area contributed by atoms with E-state index in [0.29, 0.717) is 29.3 Å². The highest BCUT2D eigenvalue weighted by Gasteiger charge is 2.24. The van der Waals surface area contributed by atoms with E-state index >= 15 is 0 Å². The third-order valence-electron chi connectivity index (χ3n) is 5.05. The molecule has 2 rings (SSSR count). The first-order valence-corrected chi connectivity index (χ1v) is 10.9. The van der Waals surface area contributed by atoms with Crippen molar-refractivity contribution in [3.8, 4) is 0 Å². The number of hydrogen-bond acceptors (Lipinski definition) is 4. The molecule has 1 fully saturated rings. The van der Waals surface area contributed by atoms with Crippen LogP contribution in [-0.4, -0.2) is 70.8 Å². The number of guanidine groups is 1. The second-order valence-corrected chi connectivity index (χ2v) is 9.22. The Bertz CT molecular complexity index is 800. The van der Waals surface area contributed by atoms with Gasteiger partial charge in [-0.15, -0.1) is 0 Å². The first kappa shape index (κ1) is 22.2. The molecule has 0 unspecified atom stereocenters. The van der Waals surface area contributed by atoms with Gasteiger partial charge in [0.15, 0.2) is 5.96 Å². The fourth-order valence-corrected chi connectivity index (χ4v) is 4.43. The molecule has 9 heteroatoms. The second-order valence-electron chi connectivity index (χ2n) is 7.10. The van der Waals surface area contributed by atoms with E-state index in [2.05, 4.69) is 20.5 Å². The van der Waals surface area contributed by atoms with E-state index in [9.17, 15) is 13.2 Å². The maximum absolute atomic E-state index is 12.5. The van der Waals surface area contributed by atoms with Gasteiger partial charge >= 0.3 is 0 Å². The van der Waals surface area contributed by atoms with Gasteiger partial charge in [0.05, 0.1) is 4.90 Å². The highest BCUT2D eigenvalue weighted by atomic mass is 32.2. The molecule has 1 aliphatic heterocycles. The molecule has 1 aromatic carbocycles. The van der Waals surface area contributed by atoms with Gasteiger partial charge in [-0.1, -0.05) is 18.2 Å². The molecular formula is C19H31N5O3S. The number of aliphatic imine (C=N–C) groups is 1. The molecule has 8 nitrogen and oxygen atoms in total. The van der Waals surface area contributed by atoms with Crippen LogP contribution < -0.4 is 10.6 Å². The SMILES string of the molecule is CN=C(NCc1ccccc1S(=O)(=O)N(C)C)N1CCC(CC(=O)NC)CC1. The standard InChI is InChI=1S/C19H31N5O3S/c1-20-18(25)13-15-9-11-24(12-10-15)19(21-2)22-14-16-7-5-6-8-17(16)28(26,27)23(3)4/h5-8,15H,9-14H2,1-4H3,(H,20,25)(H,21,22). The van der Waals surface area contributed by atoms with Gasteiger partial charge < -0.3 is 15.5 Å². The maximum Gasteiger partial charge on any atom is 0.242 e. The molecule has 28 heavy (non-hydrogen) atoms. The van der Waals surface area contributed by atoms with Crippen molar-refractivity contribution in [1.29, 1.82) is 0 Å². The normalized spacial score (nSPS) is 16.3. The minimum atomic E-state index is -3.51. The zero-order valence-electron chi connectivity index (χ0n) is 17.1. The topological polar surface area (TPSA) is 94.1 Å². The van der Waals surface area contributed by atoms with Crippen LogP contribution in [0.3, 0.4) is 0 Å². The van der Waals surface area contributed by atoms with E-state index < -0.39 is 10.0 Å². The van der Waals surface area contributed by atoms with E-state index in [1.807, 2.05) is 12.1 Å². The van der Waals surface area contributed by atoms with E-state index in [1.54, 1.807) is 26.2 Å². The Hall–Kier alpha value is -2.13. The van der Waals surface area contributed by atoms with E-state index in [4.69, 9.17) is 0 Å². The van der Waals surface area contributed by atoms with E-state index in [1.165, 1.54) is 18.4 Å². The number of likely N-dealkylation sites (tertiary alicyclic amines) is 1. The van der Waals surface area contributed by atoms with Crippen molar-refractivity contribution >= 4 is 21.9 Å². The van der Waals surface area contributed by atoms with Gasteiger partial charge in [0.25, 0.3) is 0 Å². The van der Waals surface area contributed by atoms with Crippen molar-refractivity contribution in [2.24, 2.45) is 10.9 Å². The fourth-order valence-electron chi connectivity index (χ4n) is 3.32. The van der Waals surface area contributed by atoms with Crippen molar-refractivity contribution < 1.29 is 13.2 Å². The van der Waals surface area contributed by atoms with Gasteiger partial charge in [-0.05, 0) is 30.4 Å². The lowest BCUT2D eigenvalue weighted by atomic mass is 9.93. The number of benzene rings is 1. The van der Waals surface area contributed by atoms with Crippen molar-refractivity contribution in [3.05, 3.63) is 29.8 Å². The van der Waals surface area contributed by atoms with Crippen molar-refractivity contribution in [3.63, 3.8) is 0 Å². The van der Waals surface area contributed by atoms with Gasteiger partial charge in [0.1, 0.15) is 0 Å². The Kier molecular flexibility index (Phi) is 7.82. The van der Waals surface area contributed by atoms with Crippen molar-refractivity contribution in [2.45, 2.75) is 30.7 Å². The molecule has 0 aliphatic carbocycles. The van der Waals surface area contributed by atoms with Crippen LogP contribution in [0.25, 0.3) is 0 Å². The minimum Gasteiger partial charge on any atom is -0.359 e. The van der Waals surface area contributed by atoms with Crippen LogP contribution >= 0.6 is 0 Å². The lowest BCUT2D eigenvalue weighted by Crippen LogP contribution is -2.45. The molecule has 0 radical (unpaired) electrons. The minimum absolute atomic E-state index is 0.0830. The highest BCUT2D eigenvalue weighted by molar-refractivity contribution is 7.89. The van der Waals surface area contributed by atoms with E-state index in [0.717, 1.165) is 31.9 Å². The Labute approximate surface area is 168 Å². The Morgan fingerprint density at radius 2 is 1.89 bits per heavy atom. The molecule has 1 aromatic rings. The van der Waals surface area contributed by atoms with E-state index in [-0.39, 0.29) is 5.91 Å². The quantitative estimate of drug-likeness (QED) is 0.537. The van der Waals surface area contributed by atoms with Crippen LogP contribution in [0.5, 0.6) is 0 Å². The molecular weight excluding hydrogens is 378 g/mol. The summed E-state index contributed by atoms with van der Waals surface area (Å²) < 4.78 is 26.3. The zero-order valence-corrected chi connectivity index (χ0v) is 17.9. The fraction of sp³-hybridized carbons (Fsp3) is 0.579. The van der Waals surface area contributed by atoms with Crippen LogP contribution in [0.15, 0.2) is 34.2 Å². The summed E-state index contributed by atoms with van der Waals surface area (Å²) in [7, 11) is 2.94. The molecule has 0 bridgehead atoms. The molecule has 0 spiro atoms. The number of hydrogen-bond donors (Lipinski definition) is 2. The van der Waals surface area contributed by atoms with Crippen LogP contribution in [0.2, 0.25) is 0 Å². The molecule has 1 aliphatic rings. The first-order valence-electron chi connectivity index (χ1n) is 9.46. The maximum atomic E-state index is 12.5. The van der Waals surface area contributed by atoms with Crippen LogP contribution in [-0.2, 0) is 21.4 Å². The summed E-state index contributed by atoms with van der Waals surface area (Å²) >= 11 is 0. The summed E-state index contributed by atoms with van der Waals surface area (Å²) in [6.45, 7) is 2.01. The largest absolute Gasteiger partial charge is 0.359 e. The highest BCUT2D eigenvalue weighted by Crippen LogP contribution is 2.21. The third kappa shape index (κ3) is 5.45. The summed E-state index contributed by atoms with van der Waals surface area (Å²) in [6.07, 6.45) is 2.42. The van der Waals surface area contributed by atoms with Gasteiger partial charge in [-0.3, -0.25) is 9.79 Å². The number of nitrogens with one attached hydrogen (secondary N) is 2. The number of piperidine rings is 1. The number of nitrogens with zero attached hydrogens (tertiary/aromatic N) is 3. The summed E-state index contributed by atoms with van der Waals surface area (Å²) in [6, 6.07) is 7.00. The van der Waals surface area contributed by atoms with Crippen LogP contribution in [0.4, 0.5) is 0 Å². The lowest BCUT2D eigenvalue weighted by Gasteiger charge is -2.34. The third-order valence-corrected chi connectivity index (χ3v) is 6.96. The number of sulfonamides is 1. The number of rotatable bonds is 6. The summed E-state index contributed by atoms with van der Waals surface area (Å²) in [4.78, 5) is 18.4. The number of amides is 1. The summed E-state index contributed by atoms with van der Waals surface area (Å²) in [5.74, 6) is 1.22. The number of carbonyl (C=O) groups is 1. The van der Waals surface area contributed by atoms with Gasteiger partial charge in [0.2, 0.25) is 15.9 Å². The van der Waals surface area contributed by atoms with Gasteiger partial charge in [-0.2, -0.15) is 0 Å². The average molecular weight is 410 g/mol. The van der Waals surface area contributed by atoms with Crippen LogP contribution in [0.1, 0.15) is 24.8 Å². The van der Waals surface area contributed by atoms with Gasteiger partial charge in [-0.25, -0.2) is 12.7 Å². The zero-order chi connectivity index (χ0) is 20.7. The van der Waals surface area contributed by atoms with Crippen molar-refractivity contribution in [2.75, 3.05) is 41.3 Å². The summed E-state index contributed by atoms with van der Waals surface area (Å²) in [5, 5.41) is 5.97. The summed E-state index contributed by atoms with van der Waals surface area (Å²) in [5.41, 5.74) is 0.701. The molecule has 0 atom stereocenters. The number of carbonyl (C=O) groups excluding carboxylic acids is 1. The molecule has 2 N–H and O–H groups in total. The molecule has 156 valence electrons.